The number of nitrogens with one attached hydrogen (secondary N) is 1. The van der Waals surface area contributed by atoms with Gasteiger partial charge in [-0.15, -0.1) is 0 Å². The van der Waals surface area contributed by atoms with Gasteiger partial charge in [0.2, 0.25) is 5.91 Å². The Kier molecular flexibility index (Phi) is 7.51. The maximum atomic E-state index is 12.9. The number of unbranched alkanes of at least 4 members (excludes halogenated alkanes) is 1. The average Bonchev–Trinajstić information content (AvgIpc) is 2.77. The third kappa shape index (κ3) is 5.46. The van der Waals surface area contributed by atoms with Crippen molar-refractivity contribution < 1.29 is 18.0 Å². The second-order valence-corrected chi connectivity index (χ2v) is 9.95. The zero-order valence-corrected chi connectivity index (χ0v) is 19.4. The topological polar surface area (TPSA) is 83.6 Å². The van der Waals surface area contributed by atoms with Gasteiger partial charge < -0.3 is 4.90 Å². The number of sulfonamides is 1. The Morgan fingerprint density at radius 1 is 1.09 bits per heavy atom. The van der Waals surface area contributed by atoms with E-state index in [2.05, 4.69) is 11.6 Å². The first-order valence-corrected chi connectivity index (χ1v) is 12.4. The Morgan fingerprint density at radius 2 is 1.78 bits per heavy atom. The molecule has 1 aliphatic rings. The smallest absolute Gasteiger partial charge is 0.264 e. The van der Waals surface area contributed by atoms with Crippen molar-refractivity contribution in [1.82, 2.24) is 9.62 Å². The zero-order valence-electron chi connectivity index (χ0n) is 18.6. The van der Waals surface area contributed by atoms with Crippen LogP contribution < -0.4 is 4.72 Å². The van der Waals surface area contributed by atoms with Crippen molar-refractivity contribution in [2.24, 2.45) is 0 Å². The molecule has 2 aromatic rings. The standard InChI is InChI=1S/C25H30N2O4S/c1-3-4-9-21-14-16-22(17-15-21)32(30,31)26-24(29)25(2)18-19-27(25)23(28)13-8-12-20-10-6-5-7-11-20/h5-8,10-12,14-17H,3-4,9,13,18-19H2,1-2H3,(H,26,29)/b12-8+. The molecule has 1 fully saturated rings. The summed E-state index contributed by atoms with van der Waals surface area (Å²) in [6, 6.07) is 16.2. The number of hydrogen-bond donors (Lipinski definition) is 1. The van der Waals surface area contributed by atoms with E-state index in [1.54, 1.807) is 25.1 Å². The monoisotopic (exact) mass is 454 g/mol. The number of aryl methyl sites for hydroxylation is 1. The normalized spacial score (nSPS) is 18.4. The highest BCUT2D eigenvalue weighted by Gasteiger charge is 2.50. The quantitative estimate of drug-likeness (QED) is 0.622. The van der Waals surface area contributed by atoms with E-state index in [1.807, 2.05) is 36.4 Å². The SMILES string of the molecule is CCCCc1ccc(S(=O)(=O)NC(=O)C2(C)CCN2C(=O)C/C=C/c2ccccc2)cc1. The van der Waals surface area contributed by atoms with Crippen LogP contribution in [0.15, 0.2) is 65.6 Å². The number of carbonyl (C=O) groups excluding carboxylic acids is 2. The molecule has 1 saturated heterocycles. The predicted octanol–water partition coefficient (Wildman–Crippen LogP) is 3.93. The van der Waals surface area contributed by atoms with Crippen LogP contribution in [0, 0.1) is 0 Å². The number of likely N-dealkylation sites (tertiary alicyclic amines) is 1. The summed E-state index contributed by atoms with van der Waals surface area (Å²) >= 11 is 0. The molecular weight excluding hydrogens is 424 g/mol. The van der Waals surface area contributed by atoms with Gasteiger partial charge in [0.1, 0.15) is 5.54 Å². The lowest BCUT2D eigenvalue weighted by Gasteiger charge is -2.48. The highest BCUT2D eigenvalue weighted by molar-refractivity contribution is 7.90. The molecule has 1 unspecified atom stereocenters. The van der Waals surface area contributed by atoms with Crippen molar-refractivity contribution in [3.8, 4) is 0 Å². The van der Waals surface area contributed by atoms with E-state index < -0.39 is 21.5 Å². The van der Waals surface area contributed by atoms with Crippen LogP contribution in [0.5, 0.6) is 0 Å². The summed E-state index contributed by atoms with van der Waals surface area (Å²) in [6.45, 7) is 4.13. The summed E-state index contributed by atoms with van der Waals surface area (Å²) in [5, 5.41) is 0. The molecular formula is C25H30N2O4S. The lowest BCUT2D eigenvalue weighted by Crippen LogP contribution is -2.67. The third-order valence-electron chi connectivity index (χ3n) is 5.89. The number of rotatable bonds is 9. The Labute approximate surface area is 190 Å². The minimum atomic E-state index is -4.01. The summed E-state index contributed by atoms with van der Waals surface area (Å²) in [5.41, 5.74) is 0.867. The van der Waals surface area contributed by atoms with Crippen molar-refractivity contribution in [1.29, 1.82) is 0 Å². The van der Waals surface area contributed by atoms with Crippen LogP contribution in [0.25, 0.3) is 6.08 Å². The Bertz CT molecular complexity index is 1080. The van der Waals surface area contributed by atoms with E-state index in [9.17, 15) is 18.0 Å². The predicted molar refractivity (Wildman–Crippen MR) is 125 cm³/mol. The van der Waals surface area contributed by atoms with Gasteiger partial charge in [0, 0.05) is 13.0 Å². The fourth-order valence-electron chi connectivity index (χ4n) is 3.67. The fourth-order valence-corrected chi connectivity index (χ4v) is 4.75. The molecule has 1 heterocycles. The van der Waals surface area contributed by atoms with Gasteiger partial charge in [-0.05, 0) is 49.4 Å². The van der Waals surface area contributed by atoms with Crippen LogP contribution in [-0.2, 0) is 26.0 Å². The summed E-state index contributed by atoms with van der Waals surface area (Å²) < 4.78 is 27.6. The number of benzene rings is 2. The van der Waals surface area contributed by atoms with E-state index >= 15 is 0 Å². The largest absolute Gasteiger partial charge is 0.328 e. The molecule has 32 heavy (non-hydrogen) atoms. The lowest BCUT2D eigenvalue weighted by molar-refractivity contribution is -0.155. The molecule has 0 aliphatic carbocycles. The van der Waals surface area contributed by atoms with Crippen LogP contribution in [0.3, 0.4) is 0 Å². The van der Waals surface area contributed by atoms with E-state index in [0.29, 0.717) is 13.0 Å². The van der Waals surface area contributed by atoms with Crippen LogP contribution in [0.4, 0.5) is 0 Å². The fraction of sp³-hybridized carbons (Fsp3) is 0.360. The van der Waals surface area contributed by atoms with Crippen LogP contribution in [0.1, 0.15) is 50.7 Å². The van der Waals surface area contributed by atoms with E-state index in [4.69, 9.17) is 0 Å². The molecule has 2 amide bonds. The van der Waals surface area contributed by atoms with Crippen molar-refractivity contribution in [2.75, 3.05) is 6.54 Å². The number of hydrogen-bond acceptors (Lipinski definition) is 4. The first-order chi connectivity index (χ1) is 15.3. The maximum absolute atomic E-state index is 12.9. The molecule has 2 aromatic carbocycles. The number of nitrogens with zero attached hydrogens (tertiary/aromatic N) is 1. The van der Waals surface area contributed by atoms with E-state index in [0.717, 1.165) is 30.4 Å². The minimum absolute atomic E-state index is 0.0395. The van der Waals surface area contributed by atoms with Crippen molar-refractivity contribution in [3.63, 3.8) is 0 Å². The highest BCUT2D eigenvalue weighted by Crippen LogP contribution is 2.32. The molecule has 0 bridgehead atoms. The summed E-state index contributed by atoms with van der Waals surface area (Å²) in [5.74, 6) is -0.891. The van der Waals surface area contributed by atoms with E-state index in [-0.39, 0.29) is 17.2 Å². The third-order valence-corrected chi connectivity index (χ3v) is 7.24. The van der Waals surface area contributed by atoms with Crippen molar-refractivity contribution >= 4 is 27.9 Å². The first kappa shape index (κ1) is 23.7. The maximum Gasteiger partial charge on any atom is 0.264 e. The second-order valence-electron chi connectivity index (χ2n) is 8.27. The van der Waals surface area contributed by atoms with Gasteiger partial charge in [-0.3, -0.25) is 9.59 Å². The second kappa shape index (κ2) is 10.1. The van der Waals surface area contributed by atoms with Crippen molar-refractivity contribution in [3.05, 3.63) is 71.8 Å². The van der Waals surface area contributed by atoms with Crippen LogP contribution in [0.2, 0.25) is 0 Å². The molecule has 1 atom stereocenters. The first-order valence-electron chi connectivity index (χ1n) is 10.9. The zero-order chi connectivity index (χ0) is 23.2. The van der Waals surface area contributed by atoms with Crippen LogP contribution >= 0.6 is 0 Å². The van der Waals surface area contributed by atoms with Gasteiger partial charge in [0.05, 0.1) is 4.90 Å². The van der Waals surface area contributed by atoms with Gasteiger partial charge in [0.15, 0.2) is 0 Å². The van der Waals surface area contributed by atoms with Gasteiger partial charge in [-0.2, -0.15) is 0 Å². The molecule has 6 nitrogen and oxygen atoms in total. The van der Waals surface area contributed by atoms with E-state index in [1.165, 1.54) is 17.0 Å². The summed E-state index contributed by atoms with van der Waals surface area (Å²) in [4.78, 5) is 27.0. The van der Waals surface area contributed by atoms with Gasteiger partial charge in [-0.1, -0.05) is 68.0 Å². The van der Waals surface area contributed by atoms with Gasteiger partial charge in [-0.25, -0.2) is 13.1 Å². The highest BCUT2D eigenvalue weighted by atomic mass is 32.2. The molecule has 0 spiro atoms. The molecule has 0 radical (unpaired) electrons. The Morgan fingerprint density at radius 3 is 2.38 bits per heavy atom. The molecule has 7 heteroatoms. The van der Waals surface area contributed by atoms with Gasteiger partial charge in [0.25, 0.3) is 15.9 Å². The minimum Gasteiger partial charge on any atom is -0.328 e. The van der Waals surface area contributed by atoms with Crippen molar-refractivity contribution in [2.45, 2.75) is 56.4 Å². The molecule has 170 valence electrons. The average molecular weight is 455 g/mol. The molecule has 3 rings (SSSR count). The number of carbonyl (C=O) groups is 2. The molecule has 1 aliphatic heterocycles. The molecule has 0 aromatic heterocycles. The Balaban J connectivity index is 1.62. The van der Waals surface area contributed by atoms with Gasteiger partial charge >= 0.3 is 0 Å². The van der Waals surface area contributed by atoms with Crippen LogP contribution in [-0.4, -0.2) is 37.2 Å². The lowest BCUT2D eigenvalue weighted by atomic mass is 9.85. The number of amides is 2. The summed E-state index contributed by atoms with van der Waals surface area (Å²) in [7, 11) is -4.01. The molecule has 1 N–H and O–H groups in total. The summed E-state index contributed by atoms with van der Waals surface area (Å²) in [6.07, 6.45) is 7.14. The Hall–Kier alpha value is -2.93. The molecule has 0 saturated carbocycles.